The van der Waals surface area contributed by atoms with Crippen molar-refractivity contribution in [2.24, 2.45) is 5.92 Å². The molecule has 0 saturated heterocycles. The highest BCUT2D eigenvalue weighted by Crippen LogP contribution is 2.38. The summed E-state index contributed by atoms with van der Waals surface area (Å²) in [6.07, 6.45) is 13.0. The van der Waals surface area contributed by atoms with Crippen LogP contribution in [0.2, 0.25) is 0 Å². The molecule has 2 aliphatic carbocycles. The number of benzene rings is 1. The molecule has 2 aliphatic rings. The number of rotatable bonds is 11. The molecule has 2 N–H and O–H groups in total. The first kappa shape index (κ1) is 28.2. The molecule has 6 rings (SSSR count). The first-order valence-corrected chi connectivity index (χ1v) is 16.9. The molecule has 0 aliphatic heterocycles. The normalized spacial score (nSPS) is 20.0. The number of hydrogen-bond donors (Lipinski definition) is 2. The van der Waals surface area contributed by atoms with E-state index in [2.05, 4.69) is 76.1 Å². The smallest absolute Gasteiger partial charge is 0.211 e. The summed E-state index contributed by atoms with van der Waals surface area (Å²) in [7, 11) is -3.28. The number of imidazole rings is 1. The lowest BCUT2D eigenvalue weighted by Gasteiger charge is -2.23. The Morgan fingerprint density at radius 3 is 2.68 bits per heavy atom. The summed E-state index contributed by atoms with van der Waals surface area (Å²) in [5.41, 5.74) is 4.40. The van der Waals surface area contributed by atoms with E-state index in [1.165, 1.54) is 24.7 Å². The molecule has 2 fully saturated rings. The van der Waals surface area contributed by atoms with Crippen molar-refractivity contribution in [2.45, 2.75) is 89.6 Å². The van der Waals surface area contributed by atoms with Crippen LogP contribution in [-0.2, 0) is 21.9 Å². The second kappa shape index (κ2) is 11.0. The molecule has 3 aromatic heterocycles. The summed E-state index contributed by atoms with van der Waals surface area (Å²) < 4.78 is 29.4. The maximum absolute atomic E-state index is 12.7. The van der Waals surface area contributed by atoms with E-state index in [-0.39, 0.29) is 5.41 Å². The van der Waals surface area contributed by atoms with E-state index in [4.69, 9.17) is 4.98 Å². The summed E-state index contributed by atoms with van der Waals surface area (Å²) in [5.74, 6) is 2.23. The number of nitrogens with zero attached hydrogens (tertiary/aromatic N) is 5. The minimum Gasteiger partial charge on any atom is -0.367 e. The number of aromatic amines is 1. The van der Waals surface area contributed by atoms with E-state index in [9.17, 15) is 8.42 Å². The number of aromatic nitrogens is 5. The second-order valence-electron chi connectivity index (χ2n) is 13.2. The molecule has 0 radical (unpaired) electrons. The number of sulfonamides is 1. The Morgan fingerprint density at radius 2 is 1.93 bits per heavy atom. The number of nitrogens with one attached hydrogen (secondary N) is 2. The summed E-state index contributed by atoms with van der Waals surface area (Å²) in [6.45, 7) is 7.77. The van der Waals surface area contributed by atoms with Gasteiger partial charge in [0.25, 0.3) is 0 Å². The molecule has 220 valence electrons. The number of fused-ring (bicyclic) bond motifs is 2. The fourth-order valence-electron chi connectivity index (χ4n) is 6.18. The van der Waals surface area contributed by atoms with Gasteiger partial charge in [-0.25, -0.2) is 27.7 Å². The van der Waals surface area contributed by atoms with Crippen molar-refractivity contribution < 1.29 is 8.42 Å². The predicted octanol–water partition coefficient (Wildman–Crippen LogP) is 5.81. The van der Waals surface area contributed by atoms with Gasteiger partial charge in [0.1, 0.15) is 23.6 Å². The number of aryl methyl sites for hydroxylation is 1. The van der Waals surface area contributed by atoms with E-state index in [0.29, 0.717) is 31.1 Å². The van der Waals surface area contributed by atoms with Gasteiger partial charge < -0.3 is 14.9 Å². The zero-order chi connectivity index (χ0) is 28.8. The Bertz CT molecular complexity index is 1630. The Labute approximate surface area is 243 Å². The van der Waals surface area contributed by atoms with Crippen molar-refractivity contribution in [3.8, 4) is 0 Å². The lowest BCUT2D eigenvalue weighted by atomic mass is 9.87. The zero-order valence-electron chi connectivity index (χ0n) is 24.7. The first-order valence-electron chi connectivity index (χ1n) is 15.1. The molecule has 1 aromatic carbocycles. The third-order valence-corrected chi connectivity index (χ3v) is 10.0. The average molecular weight is 578 g/mol. The van der Waals surface area contributed by atoms with E-state index in [0.717, 1.165) is 72.2 Å². The van der Waals surface area contributed by atoms with Gasteiger partial charge in [0.15, 0.2) is 0 Å². The van der Waals surface area contributed by atoms with Gasteiger partial charge in [-0.15, -0.1) is 0 Å². The molecular formula is C31H43N7O2S. The van der Waals surface area contributed by atoms with Crippen LogP contribution >= 0.6 is 0 Å². The highest BCUT2D eigenvalue weighted by molar-refractivity contribution is 7.88. The zero-order valence-corrected chi connectivity index (χ0v) is 25.5. The van der Waals surface area contributed by atoms with Gasteiger partial charge in [0, 0.05) is 37.8 Å². The van der Waals surface area contributed by atoms with Crippen molar-refractivity contribution in [3.05, 3.63) is 48.2 Å². The van der Waals surface area contributed by atoms with Crippen molar-refractivity contribution >= 4 is 37.9 Å². The number of anilines is 1. The number of unbranched alkanes of at least 4 members (excludes halogenated alkanes) is 1. The number of hydrogen-bond acceptors (Lipinski definition) is 6. The molecule has 0 spiro atoms. The Morgan fingerprint density at radius 1 is 1.10 bits per heavy atom. The van der Waals surface area contributed by atoms with E-state index < -0.39 is 10.0 Å². The van der Waals surface area contributed by atoms with Gasteiger partial charge in [-0.3, -0.25) is 0 Å². The molecule has 0 bridgehead atoms. The summed E-state index contributed by atoms with van der Waals surface area (Å²) in [6, 6.07) is 9.41. The molecular weight excluding hydrogens is 534 g/mol. The quantitative estimate of drug-likeness (QED) is 0.218. The minimum absolute atomic E-state index is 0.0918. The molecule has 4 aromatic rings. The Kier molecular flexibility index (Phi) is 7.57. The van der Waals surface area contributed by atoms with Crippen molar-refractivity contribution in [2.75, 3.05) is 24.7 Å². The van der Waals surface area contributed by atoms with Crippen LogP contribution in [0.4, 0.5) is 5.82 Å². The second-order valence-corrected chi connectivity index (χ2v) is 15.2. The highest BCUT2D eigenvalue weighted by Gasteiger charge is 2.31. The van der Waals surface area contributed by atoms with E-state index in [1.807, 2.05) is 0 Å². The first-order chi connectivity index (χ1) is 19.5. The van der Waals surface area contributed by atoms with Crippen molar-refractivity contribution in [1.82, 2.24) is 28.8 Å². The molecule has 10 heteroatoms. The van der Waals surface area contributed by atoms with Crippen LogP contribution in [-0.4, -0.2) is 62.6 Å². The van der Waals surface area contributed by atoms with Gasteiger partial charge in [-0.05, 0) is 80.0 Å². The van der Waals surface area contributed by atoms with Gasteiger partial charge in [-0.1, -0.05) is 26.8 Å². The average Bonchev–Trinajstić information content (AvgIpc) is 3.27. The van der Waals surface area contributed by atoms with Crippen LogP contribution in [0.3, 0.4) is 0 Å². The van der Waals surface area contributed by atoms with Crippen LogP contribution in [0, 0.1) is 5.92 Å². The SMILES string of the molecule is CC(C)(C)c1ccc2nc(CCCCN(CC3CC[C@H](n4ccc5c(NC6CC6)ncnc54)C3)S(C)(=O)=O)[nH]c2c1. The van der Waals surface area contributed by atoms with Gasteiger partial charge in [0.2, 0.25) is 10.0 Å². The van der Waals surface area contributed by atoms with Crippen LogP contribution in [0.25, 0.3) is 22.1 Å². The standard InChI is InChI=1S/C31H43N7O2S/c1-31(2,3)22-9-13-26-27(18-22)36-28(35-26)7-5-6-15-37(41(4,39)40)19-21-8-12-24(17-21)38-16-14-25-29(34-23-10-11-23)32-20-33-30(25)38/h9,13-14,16,18,20-21,23-24H,5-8,10-12,15,17,19H2,1-4H3,(H,35,36)(H,32,33,34)/t21?,24-/m0/s1. The lowest BCUT2D eigenvalue weighted by Crippen LogP contribution is -2.35. The molecule has 1 unspecified atom stereocenters. The van der Waals surface area contributed by atoms with Crippen LogP contribution in [0.15, 0.2) is 36.8 Å². The Hall–Kier alpha value is -2.98. The van der Waals surface area contributed by atoms with Crippen LogP contribution < -0.4 is 5.32 Å². The largest absolute Gasteiger partial charge is 0.367 e. The van der Waals surface area contributed by atoms with Crippen LogP contribution in [0.5, 0.6) is 0 Å². The summed E-state index contributed by atoms with van der Waals surface area (Å²) in [4.78, 5) is 17.3. The number of H-pyrrole nitrogens is 1. The molecule has 3 heterocycles. The van der Waals surface area contributed by atoms with E-state index >= 15 is 0 Å². The summed E-state index contributed by atoms with van der Waals surface area (Å²) in [5, 5.41) is 4.59. The lowest BCUT2D eigenvalue weighted by molar-refractivity contribution is 0.334. The minimum atomic E-state index is -3.28. The Balaban J connectivity index is 1.04. The van der Waals surface area contributed by atoms with Crippen LogP contribution in [0.1, 0.15) is 83.1 Å². The fourth-order valence-corrected chi connectivity index (χ4v) is 7.12. The maximum atomic E-state index is 12.7. The van der Waals surface area contributed by atoms with Gasteiger partial charge in [0.05, 0.1) is 22.7 Å². The fraction of sp³-hybridized carbons (Fsp3) is 0.581. The maximum Gasteiger partial charge on any atom is 0.211 e. The molecule has 9 nitrogen and oxygen atoms in total. The van der Waals surface area contributed by atoms with Gasteiger partial charge >= 0.3 is 0 Å². The van der Waals surface area contributed by atoms with Crippen molar-refractivity contribution in [1.29, 1.82) is 0 Å². The third kappa shape index (κ3) is 6.43. The molecule has 41 heavy (non-hydrogen) atoms. The third-order valence-electron chi connectivity index (χ3n) is 8.73. The summed E-state index contributed by atoms with van der Waals surface area (Å²) >= 11 is 0. The molecule has 2 saturated carbocycles. The topological polar surface area (TPSA) is 109 Å². The van der Waals surface area contributed by atoms with Crippen molar-refractivity contribution in [3.63, 3.8) is 0 Å². The highest BCUT2D eigenvalue weighted by atomic mass is 32.2. The monoisotopic (exact) mass is 577 g/mol. The molecule has 2 atom stereocenters. The van der Waals surface area contributed by atoms with Gasteiger partial charge in [-0.2, -0.15) is 0 Å². The van der Waals surface area contributed by atoms with E-state index in [1.54, 1.807) is 10.6 Å². The molecule has 0 amide bonds. The predicted molar refractivity (Wildman–Crippen MR) is 165 cm³/mol.